The molecule has 0 radical (unpaired) electrons. The molecule has 100 valence electrons. The van der Waals surface area contributed by atoms with Crippen LogP contribution in [0.3, 0.4) is 0 Å². The summed E-state index contributed by atoms with van der Waals surface area (Å²) < 4.78 is 36.9. The van der Waals surface area contributed by atoms with Gasteiger partial charge < -0.3 is 5.32 Å². The third-order valence-corrected chi connectivity index (χ3v) is 2.53. The third-order valence-electron chi connectivity index (χ3n) is 2.53. The van der Waals surface area contributed by atoms with Gasteiger partial charge in [-0.2, -0.15) is 13.2 Å². The second kappa shape index (κ2) is 6.42. The van der Waals surface area contributed by atoms with Crippen LogP contribution in [0.4, 0.5) is 13.2 Å². The SMILES string of the molecule is CCCCC(=O)NCc1ccc(C(F)(F)F)cc1. The van der Waals surface area contributed by atoms with E-state index < -0.39 is 11.7 Å². The van der Waals surface area contributed by atoms with Crippen molar-refractivity contribution in [3.05, 3.63) is 35.4 Å². The fourth-order valence-corrected chi connectivity index (χ4v) is 1.44. The van der Waals surface area contributed by atoms with Crippen LogP contribution in [0.5, 0.6) is 0 Å². The lowest BCUT2D eigenvalue weighted by Gasteiger charge is -2.08. The van der Waals surface area contributed by atoms with Crippen LogP contribution in [0, 0.1) is 0 Å². The van der Waals surface area contributed by atoms with Crippen LogP contribution in [0.15, 0.2) is 24.3 Å². The fourth-order valence-electron chi connectivity index (χ4n) is 1.44. The molecule has 5 heteroatoms. The molecule has 0 aliphatic carbocycles. The first-order chi connectivity index (χ1) is 8.43. The minimum absolute atomic E-state index is 0.0725. The number of carbonyl (C=O) groups excluding carboxylic acids is 1. The van der Waals surface area contributed by atoms with Crippen molar-refractivity contribution < 1.29 is 18.0 Å². The lowest BCUT2D eigenvalue weighted by atomic mass is 10.1. The number of amides is 1. The largest absolute Gasteiger partial charge is 0.416 e. The predicted molar refractivity (Wildman–Crippen MR) is 62.8 cm³/mol. The number of halogens is 3. The normalized spacial score (nSPS) is 11.3. The van der Waals surface area contributed by atoms with Crippen molar-refractivity contribution in [2.75, 3.05) is 0 Å². The maximum Gasteiger partial charge on any atom is 0.416 e. The first-order valence-corrected chi connectivity index (χ1v) is 5.86. The zero-order valence-corrected chi connectivity index (χ0v) is 10.2. The average Bonchev–Trinajstić information content (AvgIpc) is 2.33. The highest BCUT2D eigenvalue weighted by molar-refractivity contribution is 5.75. The minimum Gasteiger partial charge on any atom is -0.352 e. The Labute approximate surface area is 104 Å². The predicted octanol–water partition coefficient (Wildman–Crippen LogP) is 3.51. The minimum atomic E-state index is -4.32. The summed E-state index contributed by atoms with van der Waals surface area (Å²) >= 11 is 0. The molecule has 18 heavy (non-hydrogen) atoms. The van der Waals surface area contributed by atoms with Gasteiger partial charge in [-0.15, -0.1) is 0 Å². The van der Waals surface area contributed by atoms with Crippen molar-refractivity contribution in [1.29, 1.82) is 0 Å². The first kappa shape index (κ1) is 14.5. The molecular weight excluding hydrogens is 243 g/mol. The van der Waals surface area contributed by atoms with Crippen LogP contribution >= 0.6 is 0 Å². The molecule has 0 bridgehead atoms. The van der Waals surface area contributed by atoms with Crippen molar-refractivity contribution in [3.8, 4) is 0 Å². The zero-order chi connectivity index (χ0) is 13.6. The number of carbonyl (C=O) groups is 1. The number of rotatable bonds is 5. The Hall–Kier alpha value is -1.52. The molecule has 0 saturated heterocycles. The van der Waals surface area contributed by atoms with Crippen LogP contribution in [-0.2, 0) is 17.5 Å². The summed E-state index contributed by atoms with van der Waals surface area (Å²) in [5, 5.41) is 2.67. The summed E-state index contributed by atoms with van der Waals surface area (Å²) in [5.41, 5.74) is -0.0172. The molecular formula is C13H16F3NO. The maximum atomic E-state index is 12.3. The molecule has 0 fully saturated rings. The summed E-state index contributed by atoms with van der Waals surface area (Å²) in [6.07, 6.45) is -2.10. The van der Waals surface area contributed by atoms with Crippen molar-refractivity contribution in [2.45, 2.75) is 38.9 Å². The van der Waals surface area contributed by atoms with Gasteiger partial charge in [0, 0.05) is 13.0 Å². The number of alkyl halides is 3. The Morgan fingerprint density at radius 3 is 2.33 bits per heavy atom. The lowest BCUT2D eigenvalue weighted by molar-refractivity contribution is -0.137. The van der Waals surface area contributed by atoms with Crippen molar-refractivity contribution in [2.24, 2.45) is 0 Å². The van der Waals surface area contributed by atoms with Gasteiger partial charge in [0.1, 0.15) is 0 Å². The molecule has 1 amide bonds. The monoisotopic (exact) mass is 259 g/mol. The molecule has 0 saturated carbocycles. The van der Waals surface area contributed by atoms with Crippen LogP contribution < -0.4 is 5.32 Å². The molecule has 0 spiro atoms. The Balaban J connectivity index is 2.47. The number of hydrogen-bond donors (Lipinski definition) is 1. The maximum absolute atomic E-state index is 12.3. The van der Waals surface area contributed by atoms with Crippen molar-refractivity contribution in [1.82, 2.24) is 5.32 Å². The smallest absolute Gasteiger partial charge is 0.352 e. The second-order valence-electron chi connectivity index (χ2n) is 4.07. The van der Waals surface area contributed by atoms with Gasteiger partial charge in [-0.3, -0.25) is 4.79 Å². The molecule has 1 aromatic rings. The molecule has 1 rings (SSSR count). The average molecular weight is 259 g/mol. The van der Waals surface area contributed by atoms with Crippen LogP contribution in [0.1, 0.15) is 37.3 Å². The van der Waals surface area contributed by atoms with E-state index in [2.05, 4.69) is 5.32 Å². The summed E-state index contributed by atoms with van der Waals surface area (Å²) in [6.45, 7) is 2.25. The van der Waals surface area contributed by atoms with E-state index in [9.17, 15) is 18.0 Å². The third kappa shape index (κ3) is 4.77. The summed E-state index contributed by atoms with van der Waals surface area (Å²) in [4.78, 5) is 11.3. The zero-order valence-electron chi connectivity index (χ0n) is 10.2. The van der Waals surface area contributed by atoms with Gasteiger partial charge in [-0.05, 0) is 24.1 Å². The Morgan fingerprint density at radius 2 is 1.83 bits per heavy atom. The number of unbranched alkanes of at least 4 members (excludes halogenated alkanes) is 1. The Bertz CT molecular complexity index is 384. The van der Waals surface area contributed by atoms with E-state index in [0.29, 0.717) is 12.0 Å². The van der Waals surface area contributed by atoms with Crippen LogP contribution in [0.25, 0.3) is 0 Å². The van der Waals surface area contributed by atoms with E-state index in [4.69, 9.17) is 0 Å². The first-order valence-electron chi connectivity index (χ1n) is 5.86. The quantitative estimate of drug-likeness (QED) is 0.861. The molecule has 0 aliphatic rings. The summed E-state index contributed by atoms with van der Waals surface area (Å²) in [6, 6.07) is 4.80. The van der Waals surface area contributed by atoms with E-state index in [1.165, 1.54) is 12.1 Å². The second-order valence-corrected chi connectivity index (χ2v) is 4.07. The fraction of sp³-hybridized carbons (Fsp3) is 0.462. The molecule has 0 atom stereocenters. The van der Waals surface area contributed by atoms with Crippen molar-refractivity contribution in [3.63, 3.8) is 0 Å². The van der Waals surface area contributed by atoms with Crippen LogP contribution in [-0.4, -0.2) is 5.91 Å². The molecule has 0 aliphatic heterocycles. The molecule has 0 aromatic heterocycles. The molecule has 1 N–H and O–H groups in total. The Kier molecular flexibility index (Phi) is 5.19. The van der Waals surface area contributed by atoms with E-state index in [1.54, 1.807) is 0 Å². The lowest BCUT2D eigenvalue weighted by Crippen LogP contribution is -2.22. The molecule has 0 heterocycles. The number of nitrogens with one attached hydrogen (secondary N) is 1. The highest BCUT2D eigenvalue weighted by Crippen LogP contribution is 2.28. The number of benzene rings is 1. The summed E-state index contributed by atoms with van der Waals surface area (Å²) in [5.74, 6) is -0.0725. The topological polar surface area (TPSA) is 29.1 Å². The van der Waals surface area contributed by atoms with Gasteiger partial charge in [0.25, 0.3) is 0 Å². The van der Waals surface area contributed by atoms with E-state index in [-0.39, 0.29) is 12.5 Å². The van der Waals surface area contributed by atoms with E-state index in [1.807, 2.05) is 6.92 Å². The van der Waals surface area contributed by atoms with E-state index >= 15 is 0 Å². The van der Waals surface area contributed by atoms with Gasteiger partial charge in [-0.25, -0.2) is 0 Å². The Morgan fingerprint density at radius 1 is 1.22 bits per heavy atom. The molecule has 1 aromatic carbocycles. The standard InChI is InChI=1S/C13H16F3NO/c1-2-3-4-12(18)17-9-10-5-7-11(8-6-10)13(14,15)16/h5-8H,2-4,9H2,1H3,(H,17,18). The number of hydrogen-bond acceptors (Lipinski definition) is 1. The molecule has 0 unspecified atom stereocenters. The van der Waals surface area contributed by atoms with Crippen molar-refractivity contribution >= 4 is 5.91 Å². The highest BCUT2D eigenvalue weighted by Gasteiger charge is 2.29. The van der Waals surface area contributed by atoms with Gasteiger partial charge in [0.2, 0.25) is 5.91 Å². The van der Waals surface area contributed by atoms with E-state index in [0.717, 1.165) is 25.0 Å². The van der Waals surface area contributed by atoms with Gasteiger partial charge in [-0.1, -0.05) is 25.5 Å². The van der Waals surface area contributed by atoms with Gasteiger partial charge in [0.05, 0.1) is 5.56 Å². The van der Waals surface area contributed by atoms with Crippen LogP contribution in [0.2, 0.25) is 0 Å². The highest BCUT2D eigenvalue weighted by atomic mass is 19.4. The van der Waals surface area contributed by atoms with Gasteiger partial charge >= 0.3 is 6.18 Å². The summed E-state index contributed by atoms with van der Waals surface area (Å²) in [7, 11) is 0. The van der Waals surface area contributed by atoms with Gasteiger partial charge in [0.15, 0.2) is 0 Å². The molecule has 2 nitrogen and oxygen atoms in total.